The van der Waals surface area contributed by atoms with E-state index in [1.165, 1.54) is 60.7 Å². The number of hydrogen-bond donors (Lipinski definition) is 0. The lowest BCUT2D eigenvalue weighted by atomic mass is 9.82. The first kappa shape index (κ1) is 27.6. The van der Waals surface area contributed by atoms with Gasteiger partial charge < -0.3 is 0 Å². The van der Waals surface area contributed by atoms with Crippen LogP contribution in [0.4, 0.5) is 0 Å². The van der Waals surface area contributed by atoms with Crippen molar-refractivity contribution < 1.29 is 0 Å². The van der Waals surface area contributed by atoms with Gasteiger partial charge in [0.2, 0.25) is 0 Å². The molecular formula is C46H26N2. The van der Waals surface area contributed by atoms with Gasteiger partial charge in [0.05, 0.1) is 23.3 Å². The molecule has 0 unspecified atom stereocenters. The van der Waals surface area contributed by atoms with Crippen LogP contribution in [0.15, 0.2) is 158 Å². The van der Waals surface area contributed by atoms with E-state index < -0.39 is 0 Å². The van der Waals surface area contributed by atoms with E-state index in [9.17, 15) is 10.5 Å². The molecular weight excluding hydrogens is 581 g/mol. The van der Waals surface area contributed by atoms with Crippen molar-refractivity contribution in [3.63, 3.8) is 0 Å². The summed E-state index contributed by atoms with van der Waals surface area (Å²) in [5, 5.41) is 24.2. The smallest absolute Gasteiger partial charge is 0.0992 e. The van der Waals surface area contributed by atoms with Crippen LogP contribution < -0.4 is 0 Å². The second-order valence-electron chi connectivity index (χ2n) is 12.3. The van der Waals surface area contributed by atoms with Crippen LogP contribution in [-0.2, 0) is 0 Å². The summed E-state index contributed by atoms with van der Waals surface area (Å²) >= 11 is 0. The van der Waals surface area contributed by atoms with Crippen molar-refractivity contribution in [3.8, 4) is 78.9 Å². The fourth-order valence-electron chi connectivity index (χ4n) is 7.61. The minimum atomic E-state index is 0.599. The molecule has 0 saturated carbocycles. The average molecular weight is 607 g/mol. The van der Waals surface area contributed by atoms with E-state index in [-0.39, 0.29) is 0 Å². The zero-order valence-electron chi connectivity index (χ0n) is 25.9. The highest BCUT2D eigenvalue weighted by molar-refractivity contribution is 6.28. The van der Waals surface area contributed by atoms with Gasteiger partial charge in [-0.15, -0.1) is 0 Å². The van der Waals surface area contributed by atoms with Crippen molar-refractivity contribution in [2.75, 3.05) is 0 Å². The van der Waals surface area contributed by atoms with Gasteiger partial charge in [-0.3, -0.25) is 0 Å². The molecule has 220 valence electrons. The first-order chi connectivity index (χ1) is 23.7. The molecule has 0 spiro atoms. The van der Waals surface area contributed by atoms with Crippen LogP contribution >= 0.6 is 0 Å². The largest absolute Gasteiger partial charge is 0.192 e. The number of benzene rings is 8. The Bertz CT molecular complexity index is 2560. The second-order valence-corrected chi connectivity index (χ2v) is 12.3. The summed E-state index contributed by atoms with van der Waals surface area (Å²) in [6.45, 7) is 0. The van der Waals surface area contributed by atoms with Crippen LogP contribution in [0.5, 0.6) is 0 Å². The minimum absolute atomic E-state index is 0.599. The summed E-state index contributed by atoms with van der Waals surface area (Å²) in [5.74, 6) is 0. The molecule has 8 aromatic carbocycles. The second kappa shape index (κ2) is 11.0. The molecule has 0 aromatic heterocycles. The van der Waals surface area contributed by atoms with Gasteiger partial charge in [0, 0.05) is 0 Å². The third-order valence-corrected chi connectivity index (χ3v) is 9.64. The van der Waals surface area contributed by atoms with Crippen LogP contribution in [0.1, 0.15) is 11.1 Å². The van der Waals surface area contributed by atoms with Gasteiger partial charge >= 0.3 is 0 Å². The van der Waals surface area contributed by atoms with Crippen molar-refractivity contribution in [1.82, 2.24) is 0 Å². The van der Waals surface area contributed by atoms with Crippen LogP contribution in [-0.4, -0.2) is 0 Å². The van der Waals surface area contributed by atoms with E-state index in [0.717, 1.165) is 27.6 Å². The topological polar surface area (TPSA) is 47.6 Å². The molecule has 0 aliphatic heterocycles. The Morgan fingerprint density at radius 3 is 1.44 bits per heavy atom. The lowest BCUT2D eigenvalue weighted by Gasteiger charge is -2.20. The van der Waals surface area contributed by atoms with Gasteiger partial charge in [0.1, 0.15) is 0 Å². The molecule has 9 rings (SSSR count). The van der Waals surface area contributed by atoms with E-state index in [1.54, 1.807) is 0 Å². The number of nitriles is 2. The molecule has 0 heterocycles. The fourth-order valence-corrected chi connectivity index (χ4v) is 7.61. The quantitative estimate of drug-likeness (QED) is 0.200. The van der Waals surface area contributed by atoms with Gasteiger partial charge in [0.15, 0.2) is 0 Å². The highest BCUT2D eigenvalue weighted by Gasteiger charge is 2.31. The number of hydrogen-bond acceptors (Lipinski definition) is 2. The van der Waals surface area contributed by atoms with Crippen LogP contribution in [0.3, 0.4) is 0 Å². The Balaban J connectivity index is 1.36. The Hall–Kier alpha value is -6.74. The molecule has 0 bridgehead atoms. The Labute approximate surface area is 279 Å². The van der Waals surface area contributed by atoms with Crippen LogP contribution in [0.2, 0.25) is 0 Å². The first-order valence-corrected chi connectivity index (χ1v) is 16.1. The molecule has 0 saturated heterocycles. The third kappa shape index (κ3) is 4.18. The molecule has 1 aliphatic rings. The maximum Gasteiger partial charge on any atom is 0.0992 e. The Kier molecular flexibility index (Phi) is 6.29. The van der Waals surface area contributed by atoms with Crippen molar-refractivity contribution >= 4 is 21.5 Å². The molecule has 0 atom stereocenters. The maximum absolute atomic E-state index is 10.1. The Morgan fingerprint density at radius 2 is 0.833 bits per heavy atom. The molecule has 0 radical (unpaired) electrons. The van der Waals surface area contributed by atoms with Crippen molar-refractivity contribution in [1.29, 1.82) is 10.5 Å². The molecule has 2 heteroatoms. The van der Waals surface area contributed by atoms with Crippen molar-refractivity contribution in [3.05, 3.63) is 169 Å². The lowest BCUT2D eigenvalue weighted by Crippen LogP contribution is -1.93. The van der Waals surface area contributed by atoms with Crippen molar-refractivity contribution in [2.24, 2.45) is 0 Å². The van der Waals surface area contributed by atoms with E-state index in [4.69, 9.17) is 0 Å². The van der Waals surface area contributed by atoms with Gasteiger partial charge in [0.25, 0.3) is 0 Å². The molecule has 0 amide bonds. The number of fused-ring (bicyclic) bond motifs is 4. The molecule has 0 N–H and O–H groups in total. The average Bonchev–Trinajstić information content (AvgIpc) is 3.49. The van der Waals surface area contributed by atoms with E-state index >= 15 is 0 Å². The minimum Gasteiger partial charge on any atom is -0.192 e. The summed E-state index contributed by atoms with van der Waals surface area (Å²) in [7, 11) is 0. The molecule has 2 nitrogen and oxygen atoms in total. The number of nitrogens with zero attached hydrogens (tertiary/aromatic N) is 2. The monoisotopic (exact) mass is 606 g/mol. The van der Waals surface area contributed by atoms with E-state index in [1.807, 2.05) is 36.4 Å². The zero-order chi connectivity index (χ0) is 32.2. The molecule has 48 heavy (non-hydrogen) atoms. The highest BCUT2D eigenvalue weighted by Crippen LogP contribution is 2.58. The predicted octanol–water partition coefficient (Wildman–Crippen LogP) is 12.1. The van der Waals surface area contributed by atoms with Crippen LogP contribution in [0, 0.1) is 22.7 Å². The maximum atomic E-state index is 10.1. The zero-order valence-corrected chi connectivity index (χ0v) is 25.9. The van der Waals surface area contributed by atoms with Crippen LogP contribution in [0.25, 0.3) is 88.3 Å². The SMILES string of the molecule is N#Cc1ccc(-c2cc(C#N)cc(-c3ccc4c5c(cccc35)-c3c-4c(-c4ccccc4)c4ccccc4c3-c3ccccc3)c2)cc1. The summed E-state index contributed by atoms with van der Waals surface area (Å²) < 4.78 is 0. The normalized spacial score (nSPS) is 11.3. The van der Waals surface area contributed by atoms with Gasteiger partial charge in [-0.1, -0.05) is 127 Å². The molecule has 1 aliphatic carbocycles. The predicted molar refractivity (Wildman–Crippen MR) is 197 cm³/mol. The summed E-state index contributed by atoms with van der Waals surface area (Å²) in [6.07, 6.45) is 0. The fraction of sp³-hybridized carbons (Fsp3) is 0. The summed E-state index contributed by atoms with van der Waals surface area (Å²) in [5.41, 5.74) is 15.1. The van der Waals surface area contributed by atoms with Gasteiger partial charge in [-0.05, 0) is 119 Å². The van der Waals surface area contributed by atoms with Gasteiger partial charge in [-0.25, -0.2) is 0 Å². The molecule has 8 aromatic rings. The standard InChI is InChI=1S/C46H26N2/c47-27-29-18-20-31(21-19-29)34-24-30(28-48)25-35(26-34)36-22-23-41-44-37(36)16-9-17-40(44)45-42(32-10-3-1-4-11-32)38-14-7-8-15-39(38)43(46(41)45)33-12-5-2-6-13-33/h1-26H. The Morgan fingerprint density at radius 1 is 0.312 bits per heavy atom. The summed E-state index contributed by atoms with van der Waals surface area (Å²) in [4.78, 5) is 0. The van der Waals surface area contributed by atoms with E-state index in [2.05, 4.69) is 133 Å². The van der Waals surface area contributed by atoms with Gasteiger partial charge in [-0.2, -0.15) is 10.5 Å². The number of rotatable bonds is 4. The highest BCUT2D eigenvalue weighted by atomic mass is 14.3. The first-order valence-electron chi connectivity index (χ1n) is 16.1. The van der Waals surface area contributed by atoms with Crippen molar-refractivity contribution in [2.45, 2.75) is 0 Å². The van der Waals surface area contributed by atoms with E-state index in [0.29, 0.717) is 11.1 Å². The lowest BCUT2D eigenvalue weighted by molar-refractivity contribution is 1.47. The summed E-state index contributed by atoms with van der Waals surface area (Å²) in [6, 6.07) is 59.7. The molecule has 0 fully saturated rings. The third-order valence-electron chi connectivity index (χ3n) is 9.64.